The predicted octanol–water partition coefficient (Wildman–Crippen LogP) is 1.27. The lowest BCUT2D eigenvalue weighted by molar-refractivity contribution is 0.0959. The first-order valence-corrected chi connectivity index (χ1v) is 6.41. The fraction of sp³-hybridized carbons (Fsp3) is 0.222. The molecule has 0 heterocycles. The summed E-state index contributed by atoms with van der Waals surface area (Å²) < 4.78 is 10.9. The van der Waals surface area contributed by atoms with Gasteiger partial charge in [-0.25, -0.2) is 0 Å². The summed E-state index contributed by atoms with van der Waals surface area (Å²) in [6.45, 7) is 1.21. The van der Waals surface area contributed by atoms with Gasteiger partial charge in [-0.1, -0.05) is 18.2 Å². The molecule has 1 atom stereocenters. The number of rotatable bonds is 3. The highest BCUT2D eigenvalue weighted by atomic mass is 31.2. The molecule has 1 aromatic rings. The second kappa shape index (κ2) is 4.40. The van der Waals surface area contributed by atoms with E-state index in [9.17, 15) is 9.36 Å². The van der Waals surface area contributed by atoms with Crippen LogP contribution in [-0.2, 0) is 4.57 Å². The van der Waals surface area contributed by atoms with Gasteiger partial charge in [0.1, 0.15) is 0 Å². The average Bonchev–Trinajstić information content (AvgIpc) is 2.14. The number of hydrogen-bond donors (Lipinski definition) is 2. The van der Waals surface area contributed by atoms with Crippen LogP contribution in [0, 0.1) is 0 Å². The van der Waals surface area contributed by atoms with E-state index in [1.54, 1.807) is 30.3 Å². The summed E-state index contributed by atoms with van der Waals surface area (Å²) in [6, 6.07) is 8.56. The van der Waals surface area contributed by atoms with Crippen LogP contribution in [0.25, 0.3) is 0 Å². The smallest absolute Gasteiger partial charge is 0.251 e. The van der Waals surface area contributed by atoms with Crippen molar-refractivity contribution in [3.8, 4) is 0 Å². The first-order chi connectivity index (χ1) is 6.49. The Balaban J connectivity index is 2.57. The van der Waals surface area contributed by atoms with Crippen molar-refractivity contribution in [1.82, 2.24) is 5.32 Å². The molecule has 14 heavy (non-hydrogen) atoms. The van der Waals surface area contributed by atoms with Crippen LogP contribution in [-0.4, -0.2) is 23.8 Å². The molecule has 0 saturated heterocycles. The molecule has 1 aromatic carbocycles. The Morgan fingerprint density at radius 3 is 2.50 bits per heavy atom. The molecule has 1 rings (SSSR count). The zero-order valence-electron chi connectivity index (χ0n) is 7.80. The average molecular weight is 213 g/mol. The van der Waals surface area contributed by atoms with Gasteiger partial charge >= 0.3 is 0 Å². The summed E-state index contributed by atoms with van der Waals surface area (Å²) in [5.74, 6) is -0.332. The van der Waals surface area contributed by atoms with Gasteiger partial charge in [0.05, 0.1) is 6.29 Å². The van der Waals surface area contributed by atoms with Gasteiger partial charge in [-0.05, 0) is 12.1 Å². The van der Waals surface area contributed by atoms with Gasteiger partial charge in [-0.2, -0.15) is 0 Å². The van der Waals surface area contributed by atoms with E-state index in [0.29, 0.717) is 5.56 Å². The highest BCUT2D eigenvalue weighted by Gasteiger charge is 2.12. The molecular formula is C9H12NO3P. The summed E-state index contributed by atoms with van der Waals surface area (Å²) in [5, 5.41) is 2.39. The molecular weight excluding hydrogens is 201 g/mol. The Morgan fingerprint density at radius 2 is 2.00 bits per heavy atom. The molecule has 2 N–H and O–H groups in total. The van der Waals surface area contributed by atoms with E-state index in [1.807, 2.05) is 0 Å². The van der Waals surface area contributed by atoms with Crippen LogP contribution in [0.2, 0.25) is 0 Å². The van der Waals surface area contributed by atoms with Crippen molar-refractivity contribution < 1.29 is 14.3 Å². The van der Waals surface area contributed by atoms with Crippen molar-refractivity contribution in [2.45, 2.75) is 0 Å². The molecule has 1 amide bonds. The minimum absolute atomic E-state index is 0.194. The van der Waals surface area contributed by atoms with Crippen molar-refractivity contribution in [1.29, 1.82) is 0 Å². The summed E-state index contributed by atoms with van der Waals surface area (Å²) in [5.41, 5.74) is 0.487. The SMILES string of the molecule is CP(=O)(O)CNC(=O)c1ccccc1. The van der Waals surface area contributed by atoms with Crippen LogP contribution < -0.4 is 5.32 Å². The van der Waals surface area contributed by atoms with Gasteiger partial charge in [0, 0.05) is 12.2 Å². The molecule has 0 aliphatic carbocycles. The van der Waals surface area contributed by atoms with Crippen molar-refractivity contribution >= 4 is 13.3 Å². The molecule has 5 heteroatoms. The number of benzene rings is 1. The van der Waals surface area contributed by atoms with Crippen LogP contribution in [0.1, 0.15) is 10.4 Å². The highest BCUT2D eigenvalue weighted by molar-refractivity contribution is 7.57. The maximum Gasteiger partial charge on any atom is 0.251 e. The lowest BCUT2D eigenvalue weighted by Gasteiger charge is -2.07. The number of nitrogens with one attached hydrogen (secondary N) is 1. The summed E-state index contributed by atoms with van der Waals surface area (Å²) in [4.78, 5) is 20.3. The summed E-state index contributed by atoms with van der Waals surface area (Å²) in [6.07, 6.45) is -0.194. The molecule has 0 bridgehead atoms. The van der Waals surface area contributed by atoms with Crippen LogP contribution in [0.5, 0.6) is 0 Å². The second-order valence-corrected chi connectivity index (χ2v) is 5.50. The number of hydrogen-bond acceptors (Lipinski definition) is 2. The minimum Gasteiger partial charge on any atom is -0.343 e. The van der Waals surface area contributed by atoms with Crippen molar-refractivity contribution in [2.24, 2.45) is 0 Å². The van der Waals surface area contributed by atoms with Crippen LogP contribution in [0.3, 0.4) is 0 Å². The van der Waals surface area contributed by atoms with Crippen LogP contribution >= 0.6 is 7.37 Å². The van der Waals surface area contributed by atoms with E-state index in [4.69, 9.17) is 4.89 Å². The first-order valence-electron chi connectivity index (χ1n) is 4.11. The predicted molar refractivity (Wildman–Crippen MR) is 54.5 cm³/mol. The quantitative estimate of drug-likeness (QED) is 0.743. The van der Waals surface area contributed by atoms with Gasteiger partial charge in [0.2, 0.25) is 7.37 Å². The third-order valence-corrected chi connectivity index (χ3v) is 2.31. The lowest BCUT2D eigenvalue weighted by Crippen LogP contribution is -2.24. The third kappa shape index (κ3) is 3.73. The number of carbonyl (C=O) groups is 1. The van der Waals surface area contributed by atoms with E-state index in [2.05, 4.69) is 5.32 Å². The van der Waals surface area contributed by atoms with E-state index >= 15 is 0 Å². The molecule has 0 spiro atoms. The molecule has 4 nitrogen and oxygen atoms in total. The van der Waals surface area contributed by atoms with E-state index in [-0.39, 0.29) is 12.2 Å². The van der Waals surface area contributed by atoms with E-state index < -0.39 is 7.37 Å². The molecule has 0 aromatic heterocycles. The van der Waals surface area contributed by atoms with E-state index in [0.717, 1.165) is 0 Å². The van der Waals surface area contributed by atoms with Gasteiger partial charge < -0.3 is 10.2 Å². The van der Waals surface area contributed by atoms with Crippen LogP contribution in [0.15, 0.2) is 30.3 Å². The molecule has 1 unspecified atom stereocenters. The molecule has 0 fully saturated rings. The maximum absolute atomic E-state index is 11.3. The Labute approximate surface area is 82.4 Å². The second-order valence-electron chi connectivity index (χ2n) is 3.08. The van der Waals surface area contributed by atoms with Gasteiger partial charge in [0.25, 0.3) is 5.91 Å². The number of carbonyl (C=O) groups excluding carboxylic acids is 1. The topological polar surface area (TPSA) is 66.4 Å². The minimum atomic E-state index is -3.17. The van der Waals surface area contributed by atoms with Gasteiger partial charge in [0.15, 0.2) is 0 Å². The molecule has 0 aliphatic rings. The number of amides is 1. The highest BCUT2D eigenvalue weighted by Crippen LogP contribution is 2.32. The molecule has 76 valence electrons. The van der Waals surface area contributed by atoms with Crippen molar-refractivity contribution in [2.75, 3.05) is 13.0 Å². The fourth-order valence-corrected chi connectivity index (χ4v) is 1.35. The lowest BCUT2D eigenvalue weighted by atomic mass is 10.2. The summed E-state index contributed by atoms with van der Waals surface area (Å²) >= 11 is 0. The Kier molecular flexibility index (Phi) is 3.44. The zero-order valence-corrected chi connectivity index (χ0v) is 8.70. The van der Waals surface area contributed by atoms with Crippen molar-refractivity contribution in [3.63, 3.8) is 0 Å². The molecule has 0 radical (unpaired) electrons. The van der Waals surface area contributed by atoms with Gasteiger partial charge in [-0.15, -0.1) is 0 Å². The Hall–Kier alpha value is -1.12. The standard InChI is InChI=1S/C9H12NO3P/c1-14(12,13)7-10-9(11)8-5-3-2-4-6-8/h2-6H,7H2,1H3,(H,10,11)(H,12,13). The van der Waals surface area contributed by atoms with E-state index in [1.165, 1.54) is 6.66 Å². The largest absolute Gasteiger partial charge is 0.343 e. The maximum atomic E-state index is 11.3. The first kappa shape index (κ1) is 11.0. The third-order valence-electron chi connectivity index (χ3n) is 1.57. The zero-order chi connectivity index (χ0) is 10.6. The molecule has 0 aliphatic heterocycles. The van der Waals surface area contributed by atoms with Gasteiger partial charge in [-0.3, -0.25) is 9.36 Å². The normalized spacial score (nSPS) is 14.4. The summed E-state index contributed by atoms with van der Waals surface area (Å²) in [7, 11) is -3.17. The fourth-order valence-electron chi connectivity index (χ4n) is 0.910. The Morgan fingerprint density at radius 1 is 1.43 bits per heavy atom. The molecule has 0 saturated carbocycles. The van der Waals surface area contributed by atoms with Crippen LogP contribution in [0.4, 0.5) is 0 Å². The monoisotopic (exact) mass is 213 g/mol. The van der Waals surface area contributed by atoms with Crippen molar-refractivity contribution in [3.05, 3.63) is 35.9 Å². The Bertz CT molecular complexity index is 358.